The molecule has 2 aliphatic heterocycles. The number of carboxylic acids is 3. The Bertz CT molecular complexity index is 1880. The Balaban J connectivity index is 1.50. The quantitative estimate of drug-likeness (QED) is 0.0188. The van der Waals surface area contributed by atoms with E-state index in [-0.39, 0.29) is 141 Å². The lowest BCUT2D eigenvalue weighted by atomic mass is 9.77. The second-order valence-corrected chi connectivity index (χ2v) is 17.1. The lowest BCUT2D eigenvalue weighted by Crippen LogP contribution is -2.52. The van der Waals surface area contributed by atoms with E-state index in [2.05, 4.69) is 26.3 Å². The van der Waals surface area contributed by atoms with Gasteiger partial charge in [-0.15, -0.1) is 0 Å². The van der Waals surface area contributed by atoms with Crippen molar-refractivity contribution in [1.82, 2.24) is 45.8 Å². The van der Waals surface area contributed by atoms with Crippen LogP contribution in [-0.2, 0) is 40.1 Å². The molecule has 0 spiro atoms. The standard InChI is InChI=1S/C42H69BN12O14/c1-28(41(67)55-23-31(56)21-33(55)43(68)69)49-39(65)30-9-7-29(8-10-30)22-48-34(57)6-2-3-11-46-40(66)32(5-4-12-47-42(44)45)50-35(58)24-51-13-15-52(25-36(59)60)17-19-54(27-38(63)64)20-18-53(16-14-51)26-37(61)62/h7-10,28,31-33,56,68-69H,2-6,11-27H2,1H3,(H,46,66)(H,48,57)(H,49,65)(H,50,58)(H,59,60)(H,61,62)(H,63,64)(H4,44,45,47)/t28-,31+,32+,33+/m1/s1. The van der Waals surface area contributed by atoms with Crippen molar-refractivity contribution in [3.05, 3.63) is 35.4 Å². The number of likely N-dealkylation sites (tertiary alicyclic amines) is 1. The molecule has 1 aromatic rings. The predicted octanol–water partition coefficient (Wildman–Crippen LogP) is -5.30. The number of benzene rings is 1. The molecule has 2 saturated heterocycles. The number of carboxylic acid groups (broad SMARTS) is 3. The van der Waals surface area contributed by atoms with Gasteiger partial charge in [-0.05, 0) is 56.7 Å². The van der Waals surface area contributed by atoms with E-state index in [4.69, 9.17) is 11.5 Å². The van der Waals surface area contributed by atoms with Crippen LogP contribution in [0.1, 0.15) is 61.4 Å². The molecule has 384 valence electrons. The monoisotopic (exact) mass is 977 g/mol. The average molecular weight is 977 g/mol. The Hall–Kier alpha value is -5.97. The van der Waals surface area contributed by atoms with Crippen LogP contribution in [0, 0.1) is 0 Å². The molecule has 0 aromatic heterocycles. The number of hydrogen-bond donors (Lipinski definition) is 12. The number of amides is 5. The first-order chi connectivity index (χ1) is 32.7. The first kappa shape index (κ1) is 57.4. The van der Waals surface area contributed by atoms with Crippen molar-refractivity contribution in [1.29, 1.82) is 0 Å². The summed E-state index contributed by atoms with van der Waals surface area (Å²) in [6, 6.07) is 4.35. The number of aliphatic hydroxyl groups is 1. The molecule has 4 atom stereocenters. The topological polar surface area (TPSA) is 387 Å². The molecular formula is C42H69BN12O14. The molecule has 0 radical (unpaired) electrons. The third-order valence-corrected chi connectivity index (χ3v) is 11.5. The number of nitrogens with two attached hydrogens (primary N) is 2. The number of aliphatic carboxylic acids is 3. The second kappa shape index (κ2) is 29.8. The molecule has 2 heterocycles. The molecule has 0 unspecified atom stereocenters. The largest absolute Gasteiger partial charge is 0.480 e. The summed E-state index contributed by atoms with van der Waals surface area (Å²) in [6.45, 7) is 2.45. The highest BCUT2D eigenvalue weighted by Crippen LogP contribution is 2.20. The molecule has 0 saturated carbocycles. The summed E-state index contributed by atoms with van der Waals surface area (Å²) in [6.07, 6.45) is 0.602. The molecule has 26 nitrogen and oxygen atoms in total. The van der Waals surface area contributed by atoms with Crippen molar-refractivity contribution in [2.24, 2.45) is 16.5 Å². The highest BCUT2D eigenvalue weighted by atomic mass is 16.4. The number of aliphatic imine (C=N–C) groups is 1. The van der Waals surface area contributed by atoms with Crippen LogP contribution in [0.15, 0.2) is 29.3 Å². The van der Waals surface area contributed by atoms with Crippen molar-refractivity contribution in [2.75, 3.05) is 98.2 Å². The van der Waals surface area contributed by atoms with E-state index < -0.39 is 72.8 Å². The fraction of sp³-hybridized carbons (Fsp3) is 0.643. The fourth-order valence-electron chi connectivity index (χ4n) is 7.78. The number of carbonyl (C=O) groups is 8. The fourth-order valence-corrected chi connectivity index (χ4v) is 7.78. The maximum atomic E-state index is 13.5. The predicted molar refractivity (Wildman–Crippen MR) is 249 cm³/mol. The van der Waals surface area contributed by atoms with Crippen molar-refractivity contribution in [3.63, 3.8) is 0 Å². The SMILES string of the molecule is C[C@@H](NC(=O)c1ccc(CNC(=O)CCCCNC(=O)[C@H](CCCN=C(N)N)NC(=O)CN2CCN(CC(=O)O)CCN(CC(=O)O)CCN(CC(=O)O)CC2)cc1)C(=O)N1C[C@@H](O)C[C@H]1B(O)O. The number of aliphatic hydroxyl groups excluding tert-OH is 1. The van der Waals surface area contributed by atoms with Gasteiger partial charge in [0, 0.05) is 90.5 Å². The molecule has 5 amide bonds. The van der Waals surface area contributed by atoms with Gasteiger partial charge in [0.15, 0.2) is 5.96 Å². The summed E-state index contributed by atoms with van der Waals surface area (Å²) >= 11 is 0. The van der Waals surface area contributed by atoms with Crippen LogP contribution in [0.5, 0.6) is 0 Å². The number of β-amino-alcohol motifs (C(OH)–C–C–N with tert-alkyl or cyclic N) is 1. The van der Waals surface area contributed by atoms with Crippen LogP contribution in [0.25, 0.3) is 0 Å². The number of rotatable bonds is 25. The van der Waals surface area contributed by atoms with Gasteiger partial charge in [0.05, 0.1) is 38.2 Å². The van der Waals surface area contributed by atoms with Gasteiger partial charge in [-0.1, -0.05) is 12.1 Å². The third kappa shape index (κ3) is 22.3. The van der Waals surface area contributed by atoms with Crippen molar-refractivity contribution >= 4 is 60.5 Å². The lowest BCUT2D eigenvalue weighted by molar-refractivity contribution is -0.140. The van der Waals surface area contributed by atoms with Gasteiger partial charge in [-0.2, -0.15) is 0 Å². The molecular weight excluding hydrogens is 907 g/mol. The van der Waals surface area contributed by atoms with Gasteiger partial charge in [-0.25, -0.2) is 0 Å². The maximum Gasteiger partial charge on any atom is 0.475 e. The van der Waals surface area contributed by atoms with Gasteiger partial charge < -0.3 is 68.1 Å². The number of nitrogens with one attached hydrogen (secondary N) is 4. The molecule has 2 aliphatic rings. The van der Waals surface area contributed by atoms with E-state index in [0.29, 0.717) is 24.8 Å². The van der Waals surface area contributed by atoms with E-state index in [1.54, 1.807) is 31.7 Å². The summed E-state index contributed by atoms with van der Waals surface area (Å²) in [5, 5.41) is 68.5. The second-order valence-electron chi connectivity index (χ2n) is 17.1. The number of nitrogens with zero attached hydrogens (tertiary/aromatic N) is 6. The zero-order valence-electron chi connectivity index (χ0n) is 39.0. The Morgan fingerprint density at radius 2 is 1.25 bits per heavy atom. The Labute approximate surface area is 400 Å². The summed E-state index contributed by atoms with van der Waals surface area (Å²) in [4.78, 5) is 112. The highest BCUT2D eigenvalue weighted by Gasteiger charge is 2.42. The minimum atomic E-state index is -1.84. The van der Waals surface area contributed by atoms with E-state index >= 15 is 0 Å². The van der Waals surface area contributed by atoms with E-state index in [9.17, 15) is 68.8 Å². The molecule has 27 heteroatoms. The third-order valence-electron chi connectivity index (χ3n) is 11.5. The minimum Gasteiger partial charge on any atom is -0.480 e. The highest BCUT2D eigenvalue weighted by molar-refractivity contribution is 6.43. The molecule has 14 N–H and O–H groups in total. The van der Waals surface area contributed by atoms with Crippen LogP contribution in [0.3, 0.4) is 0 Å². The normalized spacial score (nSPS) is 18.6. The van der Waals surface area contributed by atoms with Crippen molar-refractivity contribution < 1.29 is 68.8 Å². The number of hydrogen-bond acceptors (Lipinski definition) is 16. The van der Waals surface area contributed by atoms with Gasteiger partial charge >= 0.3 is 25.0 Å². The van der Waals surface area contributed by atoms with Crippen molar-refractivity contribution in [2.45, 2.75) is 76.1 Å². The van der Waals surface area contributed by atoms with Gasteiger partial charge in [0.25, 0.3) is 5.91 Å². The Morgan fingerprint density at radius 3 is 1.74 bits per heavy atom. The van der Waals surface area contributed by atoms with E-state index in [1.165, 1.54) is 19.1 Å². The molecule has 2 fully saturated rings. The average Bonchev–Trinajstić information content (AvgIpc) is 3.68. The van der Waals surface area contributed by atoms with Crippen LogP contribution in [-0.4, -0.2) is 238 Å². The first-order valence-electron chi connectivity index (χ1n) is 22.9. The van der Waals surface area contributed by atoms with E-state index in [1.807, 2.05) is 0 Å². The molecule has 69 heavy (non-hydrogen) atoms. The summed E-state index contributed by atoms with van der Waals surface area (Å²) in [7, 11) is -1.84. The number of guanidine groups is 1. The molecule has 3 rings (SSSR count). The molecule has 1 aromatic carbocycles. The number of unbranched alkanes of at least 4 members (excludes halogenated alkanes) is 1. The smallest absolute Gasteiger partial charge is 0.475 e. The van der Waals surface area contributed by atoms with Gasteiger partial charge in [0.1, 0.15) is 12.1 Å². The first-order valence-corrected chi connectivity index (χ1v) is 22.9. The van der Waals surface area contributed by atoms with E-state index in [0.717, 1.165) is 4.90 Å². The molecule has 0 bridgehead atoms. The molecule has 0 aliphatic carbocycles. The summed E-state index contributed by atoms with van der Waals surface area (Å²) in [5.74, 6) is -6.72. The lowest BCUT2D eigenvalue weighted by Gasteiger charge is -2.33. The van der Waals surface area contributed by atoms with Crippen molar-refractivity contribution in [3.8, 4) is 0 Å². The Morgan fingerprint density at radius 1 is 0.725 bits per heavy atom. The van der Waals surface area contributed by atoms with Gasteiger partial charge in [0.2, 0.25) is 23.6 Å². The van der Waals surface area contributed by atoms with Crippen LogP contribution >= 0.6 is 0 Å². The number of carbonyl (C=O) groups excluding carboxylic acids is 5. The zero-order chi connectivity index (χ0) is 51.0. The van der Waals surface area contributed by atoms with Crippen LogP contribution < -0.4 is 32.7 Å². The summed E-state index contributed by atoms with van der Waals surface area (Å²) in [5.41, 5.74) is 11.8. The Kier molecular flexibility index (Phi) is 24.8. The van der Waals surface area contributed by atoms with Gasteiger partial charge in [-0.3, -0.25) is 62.9 Å². The zero-order valence-corrected chi connectivity index (χ0v) is 39.0. The minimum absolute atomic E-state index is 0.00220. The maximum absolute atomic E-state index is 13.5. The summed E-state index contributed by atoms with van der Waals surface area (Å²) < 4.78 is 0. The van der Waals surface area contributed by atoms with Crippen LogP contribution in [0.4, 0.5) is 0 Å². The van der Waals surface area contributed by atoms with Crippen LogP contribution in [0.2, 0.25) is 0 Å².